The summed E-state index contributed by atoms with van der Waals surface area (Å²) in [6.07, 6.45) is 6.60. The van der Waals surface area contributed by atoms with E-state index in [4.69, 9.17) is 4.74 Å². The molecule has 1 aliphatic carbocycles. The van der Waals surface area contributed by atoms with Crippen LogP contribution in [0.15, 0.2) is 60.2 Å². The average Bonchev–Trinajstić information content (AvgIpc) is 2.64. The quantitative estimate of drug-likeness (QED) is 0.653. The maximum Gasteiger partial charge on any atom is 0.123 e. The van der Waals surface area contributed by atoms with Crippen LogP contribution in [0.25, 0.3) is 11.6 Å². The molecule has 0 amide bonds. The zero-order valence-corrected chi connectivity index (χ0v) is 16.9. The number of allylic oxidation sites excluding steroid dienone is 2. The van der Waals surface area contributed by atoms with E-state index in [0.717, 1.165) is 30.7 Å². The zero-order chi connectivity index (χ0) is 18.5. The normalized spacial score (nSPS) is 18.2. The van der Waals surface area contributed by atoms with Gasteiger partial charge in [-0.05, 0) is 79.4 Å². The van der Waals surface area contributed by atoms with Gasteiger partial charge in [0.15, 0.2) is 0 Å². The Hall–Kier alpha value is -2.10. The van der Waals surface area contributed by atoms with Crippen LogP contribution >= 0.6 is 12.4 Å². The summed E-state index contributed by atoms with van der Waals surface area (Å²) in [5.74, 6) is 1.17. The average molecular weight is 388 g/mol. The number of halogens is 2. The third kappa shape index (κ3) is 5.69. The van der Waals surface area contributed by atoms with E-state index >= 15 is 0 Å². The molecule has 0 radical (unpaired) electrons. The fourth-order valence-electron chi connectivity index (χ4n) is 3.53. The second-order valence-corrected chi connectivity index (χ2v) is 7.10. The molecule has 0 bridgehead atoms. The van der Waals surface area contributed by atoms with Crippen LogP contribution in [-0.2, 0) is 0 Å². The third-order valence-electron chi connectivity index (χ3n) is 4.77. The van der Waals surface area contributed by atoms with Gasteiger partial charge in [0.05, 0.1) is 7.11 Å². The highest BCUT2D eigenvalue weighted by molar-refractivity contribution is 5.85. The van der Waals surface area contributed by atoms with E-state index in [1.807, 2.05) is 24.3 Å². The van der Waals surface area contributed by atoms with Gasteiger partial charge in [0, 0.05) is 6.54 Å². The van der Waals surface area contributed by atoms with E-state index in [-0.39, 0.29) is 18.2 Å². The Morgan fingerprint density at radius 3 is 2.56 bits per heavy atom. The summed E-state index contributed by atoms with van der Waals surface area (Å²) in [4.78, 5) is 2.24. The van der Waals surface area contributed by atoms with Crippen LogP contribution in [0.5, 0.6) is 5.75 Å². The molecule has 0 heterocycles. The summed E-state index contributed by atoms with van der Waals surface area (Å²) < 4.78 is 18.6. The molecule has 0 spiro atoms. The van der Waals surface area contributed by atoms with E-state index < -0.39 is 0 Å². The molecular weight excluding hydrogens is 361 g/mol. The first-order chi connectivity index (χ1) is 12.5. The first-order valence-electron chi connectivity index (χ1n) is 9.02. The second kappa shape index (κ2) is 9.72. The largest absolute Gasteiger partial charge is 0.497 e. The maximum atomic E-state index is 13.1. The van der Waals surface area contributed by atoms with Gasteiger partial charge in [-0.2, -0.15) is 0 Å². The Bertz CT molecular complexity index is 811. The topological polar surface area (TPSA) is 12.5 Å². The Labute approximate surface area is 167 Å². The van der Waals surface area contributed by atoms with Crippen molar-refractivity contribution in [2.45, 2.75) is 12.8 Å². The molecule has 0 saturated carbocycles. The second-order valence-electron chi connectivity index (χ2n) is 7.10. The minimum Gasteiger partial charge on any atom is -0.497 e. The highest BCUT2D eigenvalue weighted by Crippen LogP contribution is 2.37. The number of benzene rings is 2. The van der Waals surface area contributed by atoms with Crippen molar-refractivity contribution in [1.82, 2.24) is 4.90 Å². The smallest absolute Gasteiger partial charge is 0.123 e. The lowest BCUT2D eigenvalue weighted by Crippen LogP contribution is -2.24. The third-order valence-corrected chi connectivity index (χ3v) is 4.77. The summed E-state index contributed by atoms with van der Waals surface area (Å²) in [6.45, 7) is 1.02. The predicted octanol–water partition coefficient (Wildman–Crippen LogP) is 5.69. The van der Waals surface area contributed by atoms with Gasteiger partial charge in [-0.1, -0.05) is 36.4 Å². The Balaban J connectivity index is 0.00000261. The molecular formula is C23H27ClFNO. The number of hydrogen-bond donors (Lipinski definition) is 0. The molecule has 2 nitrogen and oxygen atoms in total. The van der Waals surface area contributed by atoms with Crippen molar-refractivity contribution in [1.29, 1.82) is 0 Å². The van der Waals surface area contributed by atoms with Crippen molar-refractivity contribution < 1.29 is 9.13 Å². The lowest BCUT2D eigenvalue weighted by Gasteiger charge is -2.28. The molecule has 2 aromatic carbocycles. The van der Waals surface area contributed by atoms with Gasteiger partial charge in [0.2, 0.25) is 0 Å². The van der Waals surface area contributed by atoms with Crippen LogP contribution in [0.3, 0.4) is 0 Å². The molecule has 0 N–H and O–H groups in total. The summed E-state index contributed by atoms with van der Waals surface area (Å²) in [6, 6.07) is 14.9. The summed E-state index contributed by atoms with van der Waals surface area (Å²) in [5, 5.41) is 0. The standard InChI is InChI=1S/C23H26FNO.ClH/c1-25(2)16-20-10-7-18(13-17-8-11-21(24)12-9-17)14-23(20)19-5-4-6-22(15-19)26-3;/h4-6,8-9,11-15,20H,7,10,16H2,1-3H3;1H/b18-13-;. The number of nitrogens with zero attached hydrogens (tertiary/aromatic N) is 1. The van der Waals surface area contributed by atoms with Crippen LogP contribution in [0, 0.1) is 11.7 Å². The van der Waals surface area contributed by atoms with Gasteiger partial charge >= 0.3 is 0 Å². The Kier molecular flexibility index (Phi) is 7.64. The highest BCUT2D eigenvalue weighted by Gasteiger charge is 2.22. The van der Waals surface area contributed by atoms with Gasteiger partial charge in [-0.3, -0.25) is 0 Å². The fourth-order valence-corrected chi connectivity index (χ4v) is 3.53. The molecule has 27 heavy (non-hydrogen) atoms. The molecule has 1 aliphatic rings. The van der Waals surface area contributed by atoms with E-state index in [1.54, 1.807) is 7.11 Å². The van der Waals surface area contributed by atoms with Crippen molar-refractivity contribution in [3.05, 3.63) is 77.1 Å². The summed E-state index contributed by atoms with van der Waals surface area (Å²) in [7, 11) is 5.94. The molecule has 0 fully saturated rings. The molecule has 0 saturated heterocycles. The van der Waals surface area contributed by atoms with Gasteiger partial charge in [-0.15, -0.1) is 12.4 Å². The van der Waals surface area contributed by atoms with Crippen LogP contribution in [0.1, 0.15) is 24.0 Å². The summed E-state index contributed by atoms with van der Waals surface area (Å²) in [5.41, 5.74) is 4.87. The molecule has 3 rings (SSSR count). The monoisotopic (exact) mass is 387 g/mol. The van der Waals surface area contributed by atoms with Crippen molar-refractivity contribution >= 4 is 24.1 Å². The first-order valence-corrected chi connectivity index (χ1v) is 9.02. The van der Waals surface area contributed by atoms with Crippen molar-refractivity contribution in [2.24, 2.45) is 5.92 Å². The van der Waals surface area contributed by atoms with E-state index in [2.05, 4.69) is 43.3 Å². The van der Waals surface area contributed by atoms with Gasteiger partial charge < -0.3 is 9.64 Å². The Morgan fingerprint density at radius 2 is 1.89 bits per heavy atom. The van der Waals surface area contributed by atoms with Crippen LogP contribution < -0.4 is 4.74 Å². The molecule has 2 aromatic rings. The molecule has 0 aliphatic heterocycles. The minimum atomic E-state index is -0.200. The molecule has 1 atom stereocenters. The Morgan fingerprint density at radius 1 is 1.15 bits per heavy atom. The van der Waals surface area contributed by atoms with E-state index in [9.17, 15) is 4.39 Å². The molecule has 4 heteroatoms. The van der Waals surface area contributed by atoms with Gasteiger partial charge in [-0.25, -0.2) is 4.39 Å². The maximum absolute atomic E-state index is 13.1. The zero-order valence-electron chi connectivity index (χ0n) is 16.1. The van der Waals surface area contributed by atoms with Crippen molar-refractivity contribution in [2.75, 3.05) is 27.7 Å². The molecule has 1 unspecified atom stereocenters. The first kappa shape index (κ1) is 21.2. The predicted molar refractivity (Wildman–Crippen MR) is 114 cm³/mol. The highest BCUT2D eigenvalue weighted by atomic mass is 35.5. The summed E-state index contributed by atoms with van der Waals surface area (Å²) >= 11 is 0. The van der Waals surface area contributed by atoms with E-state index in [0.29, 0.717) is 5.92 Å². The van der Waals surface area contributed by atoms with Gasteiger partial charge in [0.25, 0.3) is 0 Å². The van der Waals surface area contributed by atoms with Crippen LogP contribution in [0.2, 0.25) is 0 Å². The van der Waals surface area contributed by atoms with Crippen LogP contribution in [0.4, 0.5) is 4.39 Å². The van der Waals surface area contributed by atoms with Crippen molar-refractivity contribution in [3.63, 3.8) is 0 Å². The molecule has 144 valence electrons. The SMILES string of the molecule is COc1cccc(C2=C/C(=C\c3ccc(F)cc3)CCC2CN(C)C)c1.Cl. The van der Waals surface area contributed by atoms with E-state index in [1.165, 1.54) is 28.8 Å². The lowest BCUT2D eigenvalue weighted by molar-refractivity contribution is 0.352. The minimum absolute atomic E-state index is 0. The van der Waals surface area contributed by atoms with Crippen molar-refractivity contribution in [3.8, 4) is 5.75 Å². The number of ether oxygens (including phenoxy) is 1. The van der Waals surface area contributed by atoms with Gasteiger partial charge in [0.1, 0.15) is 11.6 Å². The fraction of sp³-hybridized carbons (Fsp3) is 0.304. The van der Waals surface area contributed by atoms with Crippen LogP contribution in [-0.4, -0.2) is 32.6 Å². The molecule has 0 aromatic heterocycles. The number of hydrogen-bond acceptors (Lipinski definition) is 2. The number of methoxy groups -OCH3 is 1. The number of rotatable bonds is 5. The lowest BCUT2D eigenvalue weighted by atomic mass is 9.81.